The van der Waals surface area contributed by atoms with Crippen molar-refractivity contribution in [1.82, 2.24) is 14.3 Å². The van der Waals surface area contributed by atoms with Gasteiger partial charge in [0.25, 0.3) is 0 Å². The fourth-order valence-corrected chi connectivity index (χ4v) is 3.31. The molecule has 0 aromatic carbocycles. The highest BCUT2D eigenvalue weighted by Gasteiger charge is 2.20. The van der Waals surface area contributed by atoms with E-state index in [1.807, 2.05) is 6.07 Å². The van der Waals surface area contributed by atoms with Crippen molar-refractivity contribution in [2.75, 3.05) is 29.0 Å². The van der Waals surface area contributed by atoms with Gasteiger partial charge in [-0.1, -0.05) is 0 Å². The highest BCUT2D eigenvalue weighted by atomic mass is 32.1. The lowest BCUT2D eigenvalue weighted by atomic mass is 10.3. The summed E-state index contributed by atoms with van der Waals surface area (Å²) in [4.78, 5) is 19.8. The van der Waals surface area contributed by atoms with Gasteiger partial charge in [-0.3, -0.25) is 4.79 Å². The average Bonchev–Trinajstić information content (AvgIpc) is 3.16. The molecule has 3 unspecified atom stereocenters. The van der Waals surface area contributed by atoms with Gasteiger partial charge in [0.1, 0.15) is 17.7 Å². The first-order chi connectivity index (χ1) is 15.7. The van der Waals surface area contributed by atoms with Crippen LogP contribution in [0.3, 0.4) is 0 Å². The quantitative estimate of drug-likeness (QED) is 0.168. The summed E-state index contributed by atoms with van der Waals surface area (Å²) in [6.45, 7) is 4.79. The maximum Gasteiger partial charge on any atom is 0.325 e. The summed E-state index contributed by atoms with van der Waals surface area (Å²) in [5, 5.41) is 55.1. The standard InChI is InChI=1S/C18H25N9O4S2/c1-8(28)5-20-14-13(25-26-16-11(4-19)12(7-32)27-33-16)15(21-6-9(2)29)24-18(23-14)22-10(3)17(30)31/h8-10,28-29,32H,5-7H2,1-3H3,(H,30,31)(H3,20,21,22,23,24). The number of carboxylic acids is 1. The van der Waals surface area contributed by atoms with Crippen molar-refractivity contribution in [3.05, 3.63) is 11.3 Å². The van der Waals surface area contributed by atoms with Crippen molar-refractivity contribution in [1.29, 1.82) is 5.26 Å². The van der Waals surface area contributed by atoms with Crippen LogP contribution in [0.2, 0.25) is 0 Å². The number of aliphatic carboxylic acids is 1. The van der Waals surface area contributed by atoms with Gasteiger partial charge in [-0.05, 0) is 32.3 Å². The summed E-state index contributed by atoms with van der Waals surface area (Å²) in [7, 11) is 0. The van der Waals surface area contributed by atoms with Crippen LogP contribution in [0.1, 0.15) is 32.0 Å². The third kappa shape index (κ3) is 7.49. The molecule has 0 saturated carbocycles. The molecule has 2 aromatic rings. The molecule has 0 amide bonds. The van der Waals surface area contributed by atoms with Gasteiger partial charge in [0.2, 0.25) is 5.95 Å². The third-order valence-electron chi connectivity index (χ3n) is 3.98. The molecule has 13 nitrogen and oxygen atoms in total. The minimum Gasteiger partial charge on any atom is -0.480 e. The van der Waals surface area contributed by atoms with Gasteiger partial charge in [-0.2, -0.15) is 32.2 Å². The Morgan fingerprint density at radius 2 is 1.73 bits per heavy atom. The summed E-state index contributed by atoms with van der Waals surface area (Å²) in [6.07, 6.45) is -1.45. The number of azo groups is 1. The minimum atomic E-state index is -1.10. The molecule has 3 atom stereocenters. The summed E-state index contributed by atoms with van der Waals surface area (Å²) >= 11 is 5.14. The zero-order valence-electron chi connectivity index (χ0n) is 18.1. The summed E-state index contributed by atoms with van der Waals surface area (Å²) < 4.78 is 4.14. The van der Waals surface area contributed by atoms with Crippen LogP contribution in [0.15, 0.2) is 10.2 Å². The fourth-order valence-electron chi connectivity index (χ4n) is 2.30. The molecule has 0 fully saturated rings. The van der Waals surface area contributed by atoms with E-state index in [-0.39, 0.29) is 52.7 Å². The Hall–Kier alpha value is -3.06. The maximum atomic E-state index is 11.2. The molecule has 0 bridgehead atoms. The monoisotopic (exact) mass is 495 g/mol. The molecule has 0 radical (unpaired) electrons. The molecule has 15 heteroatoms. The molecule has 178 valence electrons. The van der Waals surface area contributed by atoms with E-state index < -0.39 is 24.2 Å². The van der Waals surface area contributed by atoms with Crippen LogP contribution in [-0.4, -0.2) is 67.0 Å². The predicted molar refractivity (Wildman–Crippen MR) is 127 cm³/mol. The lowest BCUT2D eigenvalue weighted by Gasteiger charge is -2.17. The molecule has 0 saturated heterocycles. The van der Waals surface area contributed by atoms with Gasteiger partial charge in [0.15, 0.2) is 22.3 Å². The second-order valence-electron chi connectivity index (χ2n) is 7.04. The second kappa shape index (κ2) is 12.3. The van der Waals surface area contributed by atoms with Gasteiger partial charge in [0.05, 0.1) is 17.9 Å². The molecule has 2 rings (SSSR count). The SMILES string of the molecule is CC(O)CNc1nc(NC(C)C(=O)O)nc(NCC(C)O)c1N=Nc1snc(CS)c1C#N. The molecule has 0 aliphatic rings. The Morgan fingerprint density at radius 3 is 2.18 bits per heavy atom. The number of hydrogen-bond donors (Lipinski definition) is 7. The van der Waals surface area contributed by atoms with Crippen LogP contribution in [0.4, 0.5) is 28.3 Å². The molecule has 0 aliphatic heterocycles. The van der Waals surface area contributed by atoms with E-state index in [2.05, 4.69) is 53.1 Å². The summed E-state index contributed by atoms with van der Waals surface area (Å²) in [6, 6.07) is 1.05. The largest absolute Gasteiger partial charge is 0.480 e. The van der Waals surface area contributed by atoms with Crippen molar-refractivity contribution in [2.45, 2.75) is 44.8 Å². The van der Waals surface area contributed by atoms with E-state index in [1.54, 1.807) is 13.8 Å². The van der Waals surface area contributed by atoms with E-state index in [0.717, 1.165) is 11.5 Å². The van der Waals surface area contributed by atoms with Crippen molar-refractivity contribution >= 4 is 58.4 Å². The fraction of sp³-hybridized carbons (Fsp3) is 0.500. The first kappa shape index (κ1) is 26.2. The third-order valence-corrected chi connectivity index (χ3v) is 5.05. The molecule has 2 heterocycles. The highest BCUT2D eigenvalue weighted by molar-refractivity contribution is 7.79. The number of hydrogen-bond acceptors (Lipinski definition) is 14. The molecule has 2 aromatic heterocycles. The molecular formula is C18H25N9O4S2. The molecule has 33 heavy (non-hydrogen) atoms. The maximum absolute atomic E-state index is 11.2. The van der Waals surface area contributed by atoms with Crippen molar-refractivity contribution in [2.24, 2.45) is 10.2 Å². The number of rotatable bonds is 12. The lowest BCUT2D eigenvalue weighted by Crippen LogP contribution is -2.27. The van der Waals surface area contributed by atoms with Crippen LogP contribution in [0.25, 0.3) is 0 Å². The number of nitrogens with one attached hydrogen (secondary N) is 3. The average molecular weight is 496 g/mol. The van der Waals surface area contributed by atoms with Crippen molar-refractivity contribution in [3.63, 3.8) is 0 Å². The number of nitriles is 1. The summed E-state index contributed by atoms with van der Waals surface area (Å²) in [5.41, 5.74) is 0.873. The zero-order chi connectivity index (χ0) is 24.5. The van der Waals surface area contributed by atoms with Gasteiger partial charge >= 0.3 is 5.97 Å². The number of carboxylic acid groups (broad SMARTS) is 1. The number of aliphatic hydroxyl groups excluding tert-OH is 2. The van der Waals surface area contributed by atoms with Gasteiger partial charge in [-0.15, -0.1) is 10.2 Å². The Kier molecular flexibility index (Phi) is 9.73. The van der Waals surface area contributed by atoms with Crippen LogP contribution < -0.4 is 16.0 Å². The Bertz CT molecular complexity index is 1000. The topological polar surface area (TPSA) is 201 Å². The first-order valence-electron chi connectivity index (χ1n) is 9.82. The highest BCUT2D eigenvalue weighted by Crippen LogP contribution is 2.36. The van der Waals surface area contributed by atoms with E-state index in [0.29, 0.717) is 5.69 Å². The molecule has 0 aliphatic carbocycles. The Labute approximate surface area is 199 Å². The molecule has 0 spiro atoms. The normalized spacial score (nSPS) is 13.8. The number of nitrogens with zero attached hydrogens (tertiary/aromatic N) is 6. The first-order valence-corrected chi connectivity index (χ1v) is 11.2. The van der Waals surface area contributed by atoms with Gasteiger partial charge in [-0.25, -0.2) is 0 Å². The van der Waals surface area contributed by atoms with Crippen LogP contribution >= 0.6 is 24.2 Å². The van der Waals surface area contributed by atoms with Crippen LogP contribution in [0, 0.1) is 11.3 Å². The summed E-state index contributed by atoms with van der Waals surface area (Å²) in [5.74, 6) is -0.547. The lowest BCUT2D eigenvalue weighted by molar-refractivity contribution is -0.137. The van der Waals surface area contributed by atoms with E-state index in [1.165, 1.54) is 6.92 Å². The number of anilines is 3. The van der Waals surface area contributed by atoms with Crippen molar-refractivity contribution in [3.8, 4) is 6.07 Å². The zero-order valence-corrected chi connectivity index (χ0v) is 19.9. The van der Waals surface area contributed by atoms with E-state index >= 15 is 0 Å². The van der Waals surface area contributed by atoms with E-state index in [4.69, 9.17) is 0 Å². The Balaban J connectivity index is 2.56. The number of aromatic nitrogens is 3. The predicted octanol–water partition coefficient (Wildman–Crippen LogP) is 2.12. The number of thiol groups is 1. The Morgan fingerprint density at radius 1 is 1.15 bits per heavy atom. The van der Waals surface area contributed by atoms with Crippen LogP contribution in [0.5, 0.6) is 0 Å². The van der Waals surface area contributed by atoms with Gasteiger partial charge in [0, 0.05) is 18.8 Å². The van der Waals surface area contributed by atoms with Crippen LogP contribution in [-0.2, 0) is 10.5 Å². The van der Waals surface area contributed by atoms with E-state index in [9.17, 15) is 25.4 Å². The minimum absolute atomic E-state index is 0.0158. The smallest absolute Gasteiger partial charge is 0.325 e. The molecular weight excluding hydrogens is 470 g/mol. The van der Waals surface area contributed by atoms with Crippen molar-refractivity contribution < 1.29 is 20.1 Å². The second-order valence-corrected chi connectivity index (χ2v) is 8.10. The number of carbonyl (C=O) groups is 1. The molecule has 6 N–H and O–H groups in total. The number of aliphatic hydroxyl groups is 2. The van der Waals surface area contributed by atoms with Gasteiger partial charge < -0.3 is 31.3 Å².